The molecule has 3 fully saturated rings. The monoisotopic (exact) mass is 416 g/mol. The molecule has 1 unspecified atom stereocenters. The number of Topliss-reactive ketones (excluding diaryl/α,β-unsaturated/α-hetero) is 1. The SMILES string of the molecule is CC(CO)CCC[C@@H](C)[C@H]1C(=O)C[C@H]2[C@@H]3CC=C4C[C@@H](O)CC[C@]4(C)[C@H]3CC[C@@]12C. The second kappa shape index (κ2) is 8.35. The van der Waals surface area contributed by atoms with Gasteiger partial charge in [-0.3, -0.25) is 4.79 Å². The number of hydrogen-bond acceptors (Lipinski definition) is 3. The third kappa shape index (κ3) is 3.62. The summed E-state index contributed by atoms with van der Waals surface area (Å²) in [7, 11) is 0. The van der Waals surface area contributed by atoms with E-state index in [0.29, 0.717) is 35.4 Å². The molecule has 3 nitrogen and oxygen atoms in total. The van der Waals surface area contributed by atoms with E-state index in [-0.39, 0.29) is 29.5 Å². The zero-order valence-electron chi connectivity index (χ0n) is 19.7. The summed E-state index contributed by atoms with van der Waals surface area (Å²) < 4.78 is 0. The van der Waals surface area contributed by atoms with Gasteiger partial charge in [-0.25, -0.2) is 0 Å². The number of allylic oxidation sites excluding steroid dienone is 1. The summed E-state index contributed by atoms with van der Waals surface area (Å²) in [4.78, 5) is 13.3. The zero-order chi connectivity index (χ0) is 21.7. The summed E-state index contributed by atoms with van der Waals surface area (Å²) >= 11 is 0. The van der Waals surface area contributed by atoms with Crippen LogP contribution in [0.3, 0.4) is 0 Å². The maximum atomic E-state index is 13.3. The highest BCUT2D eigenvalue weighted by molar-refractivity contribution is 5.85. The molecule has 0 bridgehead atoms. The minimum atomic E-state index is -0.151. The lowest BCUT2D eigenvalue weighted by atomic mass is 9.47. The molecule has 0 aromatic heterocycles. The Bertz CT molecular complexity index is 684. The number of aliphatic hydroxyl groups excluding tert-OH is 2. The van der Waals surface area contributed by atoms with Crippen LogP contribution in [0.2, 0.25) is 0 Å². The first-order valence-corrected chi connectivity index (χ1v) is 12.7. The molecule has 0 aliphatic heterocycles. The Morgan fingerprint density at radius 3 is 2.60 bits per heavy atom. The van der Waals surface area contributed by atoms with Crippen LogP contribution in [0.1, 0.15) is 91.9 Å². The normalized spacial score (nSPS) is 45.2. The molecule has 30 heavy (non-hydrogen) atoms. The molecule has 3 heteroatoms. The standard InChI is InChI=1S/C27H44O3/c1-17(16-28)6-5-7-18(2)25-24(30)15-23-21-9-8-19-14-20(29)10-12-26(19,3)22(21)11-13-27(23,25)4/h8,17-18,20-23,25,28-29H,5-7,9-16H2,1-4H3/t17?,18-,20+,21-,22+,23+,25+,26+,27-/m1/s1. The first-order valence-electron chi connectivity index (χ1n) is 12.7. The van der Waals surface area contributed by atoms with Crippen LogP contribution in [0.5, 0.6) is 0 Å². The largest absolute Gasteiger partial charge is 0.396 e. The van der Waals surface area contributed by atoms with E-state index in [1.54, 1.807) is 0 Å². The van der Waals surface area contributed by atoms with Gasteiger partial charge in [0, 0.05) is 18.9 Å². The van der Waals surface area contributed by atoms with E-state index in [2.05, 4.69) is 33.8 Å². The van der Waals surface area contributed by atoms with E-state index >= 15 is 0 Å². The molecule has 4 aliphatic rings. The predicted octanol–water partition coefficient (Wildman–Crippen LogP) is 5.54. The average molecular weight is 417 g/mol. The lowest BCUT2D eigenvalue weighted by molar-refractivity contribution is -0.124. The van der Waals surface area contributed by atoms with Crippen LogP contribution in [0, 0.1) is 46.3 Å². The van der Waals surface area contributed by atoms with Crippen molar-refractivity contribution in [2.45, 2.75) is 98.0 Å². The number of fused-ring (bicyclic) bond motifs is 5. The maximum absolute atomic E-state index is 13.3. The third-order valence-corrected chi connectivity index (χ3v) is 10.2. The van der Waals surface area contributed by atoms with Crippen molar-refractivity contribution >= 4 is 5.78 Å². The average Bonchev–Trinajstić information content (AvgIpc) is 2.98. The Balaban J connectivity index is 1.51. The van der Waals surface area contributed by atoms with Crippen molar-refractivity contribution in [3.63, 3.8) is 0 Å². The molecule has 9 atom stereocenters. The lowest BCUT2D eigenvalue weighted by Crippen LogP contribution is -2.51. The third-order valence-electron chi connectivity index (χ3n) is 10.2. The maximum Gasteiger partial charge on any atom is 0.137 e. The van der Waals surface area contributed by atoms with Crippen molar-refractivity contribution in [2.24, 2.45) is 46.3 Å². The van der Waals surface area contributed by atoms with Crippen molar-refractivity contribution in [2.75, 3.05) is 6.61 Å². The van der Waals surface area contributed by atoms with E-state index in [1.807, 2.05) is 0 Å². The molecule has 4 aliphatic carbocycles. The van der Waals surface area contributed by atoms with Crippen molar-refractivity contribution in [1.82, 2.24) is 0 Å². The highest BCUT2D eigenvalue weighted by Gasteiger charge is 2.61. The predicted molar refractivity (Wildman–Crippen MR) is 121 cm³/mol. The van der Waals surface area contributed by atoms with Gasteiger partial charge in [0.1, 0.15) is 5.78 Å². The van der Waals surface area contributed by atoms with Crippen LogP contribution in [0.25, 0.3) is 0 Å². The minimum absolute atomic E-state index is 0.151. The van der Waals surface area contributed by atoms with Gasteiger partial charge in [-0.2, -0.15) is 0 Å². The van der Waals surface area contributed by atoms with E-state index in [4.69, 9.17) is 0 Å². The van der Waals surface area contributed by atoms with E-state index in [1.165, 1.54) is 18.4 Å². The molecule has 0 amide bonds. The molecule has 2 N–H and O–H groups in total. The van der Waals surface area contributed by atoms with Gasteiger partial charge in [0.2, 0.25) is 0 Å². The molecule has 0 spiro atoms. The van der Waals surface area contributed by atoms with Gasteiger partial charge in [-0.1, -0.05) is 45.8 Å². The zero-order valence-corrected chi connectivity index (χ0v) is 19.7. The summed E-state index contributed by atoms with van der Waals surface area (Å²) in [6, 6.07) is 0. The number of carbonyl (C=O) groups excluding carboxylic acids is 1. The summed E-state index contributed by atoms with van der Waals surface area (Å²) in [5.74, 6) is 3.44. The summed E-state index contributed by atoms with van der Waals surface area (Å²) in [6.07, 6.45) is 12.9. The Hall–Kier alpha value is -0.670. The smallest absolute Gasteiger partial charge is 0.137 e. The van der Waals surface area contributed by atoms with E-state index in [0.717, 1.165) is 51.4 Å². The molecule has 0 aromatic rings. The number of aliphatic hydroxyl groups is 2. The molecule has 0 radical (unpaired) electrons. The molecule has 0 aromatic carbocycles. The van der Waals surface area contributed by atoms with Crippen LogP contribution in [0.15, 0.2) is 11.6 Å². The van der Waals surface area contributed by atoms with Gasteiger partial charge in [-0.05, 0) is 91.8 Å². The quantitative estimate of drug-likeness (QED) is 0.559. The second-order valence-corrected chi connectivity index (χ2v) is 12.0. The van der Waals surface area contributed by atoms with Crippen molar-refractivity contribution in [3.05, 3.63) is 11.6 Å². The van der Waals surface area contributed by atoms with Crippen LogP contribution >= 0.6 is 0 Å². The fraction of sp³-hybridized carbons (Fsp3) is 0.889. The molecule has 4 rings (SSSR count). The summed E-state index contributed by atoms with van der Waals surface area (Å²) in [5.41, 5.74) is 1.92. The van der Waals surface area contributed by atoms with Crippen LogP contribution < -0.4 is 0 Å². The van der Waals surface area contributed by atoms with Crippen LogP contribution in [-0.4, -0.2) is 28.7 Å². The first kappa shape index (κ1) is 22.5. The molecule has 0 heterocycles. The van der Waals surface area contributed by atoms with Crippen LogP contribution in [-0.2, 0) is 4.79 Å². The Kier molecular flexibility index (Phi) is 6.27. The minimum Gasteiger partial charge on any atom is -0.396 e. The number of hydrogen-bond donors (Lipinski definition) is 2. The topological polar surface area (TPSA) is 57.5 Å². The fourth-order valence-corrected chi connectivity index (χ4v) is 8.49. The van der Waals surface area contributed by atoms with Crippen molar-refractivity contribution < 1.29 is 15.0 Å². The summed E-state index contributed by atoms with van der Waals surface area (Å²) in [6.45, 7) is 9.60. The lowest BCUT2D eigenvalue weighted by Gasteiger charge is -2.58. The van der Waals surface area contributed by atoms with Gasteiger partial charge >= 0.3 is 0 Å². The highest BCUT2D eigenvalue weighted by atomic mass is 16.3. The van der Waals surface area contributed by atoms with Crippen molar-refractivity contribution in [1.29, 1.82) is 0 Å². The van der Waals surface area contributed by atoms with Gasteiger partial charge in [0.05, 0.1) is 6.10 Å². The molecule has 170 valence electrons. The molecule has 0 saturated heterocycles. The van der Waals surface area contributed by atoms with Gasteiger partial charge < -0.3 is 10.2 Å². The number of carbonyl (C=O) groups is 1. The Morgan fingerprint density at radius 2 is 1.87 bits per heavy atom. The first-order chi connectivity index (χ1) is 14.2. The highest BCUT2D eigenvalue weighted by Crippen LogP contribution is 2.66. The van der Waals surface area contributed by atoms with E-state index in [9.17, 15) is 15.0 Å². The Morgan fingerprint density at radius 1 is 1.10 bits per heavy atom. The molecular formula is C27H44O3. The van der Waals surface area contributed by atoms with Gasteiger partial charge in [-0.15, -0.1) is 0 Å². The van der Waals surface area contributed by atoms with Gasteiger partial charge in [0.15, 0.2) is 0 Å². The van der Waals surface area contributed by atoms with Crippen LogP contribution in [0.4, 0.5) is 0 Å². The number of ketones is 1. The fourth-order valence-electron chi connectivity index (χ4n) is 8.49. The molecule has 3 saturated carbocycles. The Labute approximate surface area is 183 Å². The van der Waals surface area contributed by atoms with Crippen molar-refractivity contribution in [3.8, 4) is 0 Å². The molecular weight excluding hydrogens is 372 g/mol. The summed E-state index contributed by atoms with van der Waals surface area (Å²) in [5, 5.41) is 19.5. The van der Waals surface area contributed by atoms with E-state index < -0.39 is 0 Å². The number of rotatable bonds is 6. The van der Waals surface area contributed by atoms with Gasteiger partial charge in [0.25, 0.3) is 0 Å². The second-order valence-electron chi connectivity index (χ2n) is 12.0.